The predicted octanol–water partition coefficient (Wildman–Crippen LogP) is 3.45. The Labute approximate surface area is 144 Å². The number of hydrogen-bond acceptors (Lipinski definition) is 4. The van der Waals surface area contributed by atoms with E-state index in [0.717, 1.165) is 22.1 Å². The van der Waals surface area contributed by atoms with Gasteiger partial charge in [-0.15, -0.1) is 0 Å². The van der Waals surface area contributed by atoms with E-state index in [4.69, 9.17) is 0 Å². The number of para-hydroxylation sites is 2. The Bertz CT molecular complexity index is 1060. The zero-order valence-electron chi connectivity index (χ0n) is 14.2. The summed E-state index contributed by atoms with van der Waals surface area (Å²) in [5, 5.41) is 8.00. The van der Waals surface area contributed by atoms with Crippen molar-refractivity contribution in [3.63, 3.8) is 0 Å². The Morgan fingerprint density at radius 1 is 1.24 bits per heavy atom. The molecule has 0 atom stereocenters. The minimum atomic E-state index is -0.247. The third-order valence-electron chi connectivity index (χ3n) is 4.11. The molecule has 2 N–H and O–H groups in total. The number of anilines is 1. The molecule has 1 aromatic carbocycles. The molecule has 0 aliphatic carbocycles. The fourth-order valence-electron chi connectivity index (χ4n) is 2.86. The summed E-state index contributed by atoms with van der Waals surface area (Å²) in [6, 6.07) is 9.66. The molecule has 0 fully saturated rings. The van der Waals surface area contributed by atoms with E-state index in [2.05, 4.69) is 25.4 Å². The number of H-pyrrole nitrogens is 1. The molecular weight excluding hydrogens is 316 g/mol. The monoisotopic (exact) mass is 334 g/mol. The van der Waals surface area contributed by atoms with Crippen LogP contribution in [0.2, 0.25) is 0 Å². The number of aromatic amines is 1. The number of rotatable bonds is 3. The lowest BCUT2D eigenvalue weighted by Gasteiger charge is -2.09. The van der Waals surface area contributed by atoms with Gasteiger partial charge in [0.25, 0.3) is 5.91 Å². The van der Waals surface area contributed by atoms with Crippen LogP contribution in [0.4, 0.5) is 5.95 Å². The van der Waals surface area contributed by atoms with Crippen molar-refractivity contribution in [3.05, 3.63) is 47.8 Å². The van der Waals surface area contributed by atoms with E-state index in [1.54, 1.807) is 6.20 Å². The highest BCUT2D eigenvalue weighted by Crippen LogP contribution is 2.20. The van der Waals surface area contributed by atoms with E-state index >= 15 is 0 Å². The van der Waals surface area contributed by atoms with Gasteiger partial charge in [0.05, 0.1) is 28.5 Å². The maximum absolute atomic E-state index is 12.7. The lowest BCUT2D eigenvalue weighted by atomic mass is 10.1. The molecule has 7 nitrogen and oxygen atoms in total. The molecule has 1 amide bonds. The Morgan fingerprint density at radius 3 is 2.80 bits per heavy atom. The molecule has 0 spiro atoms. The van der Waals surface area contributed by atoms with E-state index < -0.39 is 0 Å². The number of aryl methyl sites for hydroxylation is 1. The SMILES string of the molecule is Cc1nc2c(cnn2C(C)C)cc1C(=O)Nc1nc2ccccc2[nH]1. The first-order chi connectivity index (χ1) is 12.0. The molecule has 3 aromatic heterocycles. The fourth-order valence-corrected chi connectivity index (χ4v) is 2.86. The van der Waals surface area contributed by atoms with E-state index in [0.29, 0.717) is 17.2 Å². The molecule has 0 saturated carbocycles. The van der Waals surface area contributed by atoms with Crippen molar-refractivity contribution in [3.8, 4) is 0 Å². The van der Waals surface area contributed by atoms with Gasteiger partial charge in [-0.25, -0.2) is 14.6 Å². The summed E-state index contributed by atoms with van der Waals surface area (Å²) in [4.78, 5) is 24.7. The number of nitrogens with one attached hydrogen (secondary N) is 2. The molecule has 0 radical (unpaired) electrons. The van der Waals surface area contributed by atoms with Crippen LogP contribution in [0.1, 0.15) is 35.9 Å². The second kappa shape index (κ2) is 5.70. The maximum Gasteiger partial charge on any atom is 0.259 e. The lowest BCUT2D eigenvalue weighted by Crippen LogP contribution is -2.15. The number of hydrogen-bond donors (Lipinski definition) is 2. The third kappa shape index (κ3) is 2.63. The van der Waals surface area contributed by atoms with Crippen LogP contribution in [-0.4, -0.2) is 30.6 Å². The quantitative estimate of drug-likeness (QED) is 0.600. The lowest BCUT2D eigenvalue weighted by molar-refractivity contribution is 0.102. The first-order valence-corrected chi connectivity index (χ1v) is 8.14. The predicted molar refractivity (Wildman–Crippen MR) is 96.7 cm³/mol. The highest BCUT2D eigenvalue weighted by Gasteiger charge is 2.16. The molecule has 0 aliphatic rings. The van der Waals surface area contributed by atoms with E-state index in [9.17, 15) is 4.79 Å². The van der Waals surface area contributed by atoms with Gasteiger partial charge in [0.1, 0.15) is 0 Å². The standard InChI is InChI=1S/C18H18N6O/c1-10(2)24-16-12(9-19-24)8-13(11(3)20-16)17(25)23-18-21-14-6-4-5-7-15(14)22-18/h4-10H,1-3H3,(H2,21,22,23,25). The molecule has 25 heavy (non-hydrogen) atoms. The first kappa shape index (κ1) is 15.3. The Morgan fingerprint density at radius 2 is 2.04 bits per heavy atom. The van der Waals surface area contributed by atoms with Crippen LogP contribution in [0.25, 0.3) is 22.1 Å². The van der Waals surface area contributed by atoms with Crippen LogP contribution < -0.4 is 5.32 Å². The van der Waals surface area contributed by atoms with Crippen molar-refractivity contribution >= 4 is 33.9 Å². The zero-order chi connectivity index (χ0) is 17.6. The number of pyridine rings is 1. The maximum atomic E-state index is 12.7. The number of imidazole rings is 1. The van der Waals surface area contributed by atoms with Crippen molar-refractivity contribution in [1.82, 2.24) is 24.7 Å². The summed E-state index contributed by atoms with van der Waals surface area (Å²) in [6.45, 7) is 5.92. The molecule has 0 unspecified atom stereocenters. The highest BCUT2D eigenvalue weighted by molar-refractivity contribution is 6.06. The molecule has 4 rings (SSSR count). The number of aromatic nitrogens is 5. The van der Waals surface area contributed by atoms with Gasteiger partial charge in [-0.3, -0.25) is 10.1 Å². The number of carbonyl (C=O) groups is 1. The van der Waals surface area contributed by atoms with Gasteiger partial charge in [-0.1, -0.05) is 12.1 Å². The molecular formula is C18H18N6O. The topological polar surface area (TPSA) is 88.5 Å². The zero-order valence-corrected chi connectivity index (χ0v) is 14.2. The van der Waals surface area contributed by atoms with Gasteiger partial charge < -0.3 is 4.98 Å². The third-order valence-corrected chi connectivity index (χ3v) is 4.11. The van der Waals surface area contributed by atoms with Gasteiger partial charge in [0.15, 0.2) is 5.65 Å². The van der Waals surface area contributed by atoms with Gasteiger partial charge in [0, 0.05) is 11.4 Å². The molecule has 4 aromatic rings. The van der Waals surface area contributed by atoms with Crippen LogP contribution in [0.15, 0.2) is 36.5 Å². The summed E-state index contributed by atoms with van der Waals surface area (Å²) in [6.07, 6.45) is 1.74. The van der Waals surface area contributed by atoms with Crippen molar-refractivity contribution in [2.45, 2.75) is 26.8 Å². The number of amides is 1. The number of carbonyl (C=O) groups excluding carboxylic acids is 1. The Hall–Kier alpha value is -3.22. The average molecular weight is 334 g/mol. The second-order valence-electron chi connectivity index (χ2n) is 6.27. The van der Waals surface area contributed by atoms with E-state index in [1.807, 2.05) is 55.8 Å². The van der Waals surface area contributed by atoms with Crippen LogP contribution in [0, 0.1) is 6.92 Å². The molecule has 3 heterocycles. The van der Waals surface area contributed by atoms with Crippen LogP contribution in [-0.2, 0) is 0 Å². The van der Waals surface area contributed by atoms with Crippen LogP contribution in [0.5, 0.6) is 0 Å². The minimum Gasteiger partial charge on any atom is -0.324 e. The van der Waals surface area contributed by atoms with Gasteiger partial charge in [-0.2, -0.15) is 5.10 Å². The Kier molecular flexibility index (Phi) is 3.49. The van der Waals surface area contributed by atoms with Crippen molar-refractivity contribution in [2.24, 2.45) is 0 Å². The fraction of sp³-hybridized carbons (Fsp3) is 0.222. The molecule has 7 heteroatoms. The highest BCUT2D eigenvalue weighted by atomic mass is 16.1. The van der Waals surface area contributed by atoms with E-state index in [-0.39, 0.29) is 11.9 Å². The largest absolute Gasteiger partial charge is 0.324 e. The number of nitrogens with zero attached hydrogens (tertiary/aromatic N) is 4. The summed E-state index contributed by atoms with van der Waals surface area (Å²) in [7, 11) is 0. The molecule has 0 bridgehead atoms. The normalized spacial score (nSPS) is 11.5. The van der Waals surface area contributed by atoms with E-state index in [1.165, 1.54) is 0 Å². The smallest absolute Gasteiger partial charge is 0.259 e. The summed E-state index contributed by atoms with van der Waals surface area (Å²) >= 11 is 0. The van der Waals surface area contributed by atoms with Gasteiger partial charge >= 0.3 is 0 Å². The Balaban J connectivity index is 1.68. The van der Waals surface area contributed by atoms with Crippen LogP contribution in [0.3, 0.4) is 0 Å². The second-order valence-corrected chi connectivity index (χ2v) is 6.27. The summed E-state index contributed by atoms with van der Waals surface area (Å²) in [5.74, 6) is 0.173. The molecule has 0 aliphatic heterocycles. The van der Waals surface area contributed by atoms with Gasteiger partial charge in [0.2, 0.25) is 5.95 Å². The number of benzene rings is 1. The molecule has 0 saturated heterocycles. The van der Waals surface area contributed by atoms with Crippen LogP contribution >= 0.6 is 0 Å². The van der Waals surface area contributed by atoms with Crippen molar-refractivity contribution < 1.29 is 4.79 Å². The van der Waals surface area contributed by atoms with Crippen molar-refractivity contribution in [2.75, 3.05) is 5.32 Å². The first-order valence-electron chi connectivity index (χ1n) is 8.14. The molecule has 126 valence electrons. The summed E-state index contributed by atoms with van der Waals surface area (Å²) < 4.78 is 1.85. The number of fused-ring (bicyclic) bond motifs is 2. The summed E-state index contributed by atoms with van der Waals surface area (Å²) in [5.41, 5.74) is 3.63. The minimum absolute atomic E-state index is 0.208. The van der Waals surface area contributed by atoms with Crippen molar-refractivity contribution in [1.29, 1.82) is 0 Å². The van der Waals surface area contributed by atoms with Gasteiger partial charge in [-0.05, 0) is 39.0 Å². The average Bonchev–Trinajstić information content (AvgIpc) is 3.16.